The molecule has 0 spiro atoms. The van der Waals surface area contributed by atoms with Crippen molar-refractivity contribution in [3.8, 4) is 68.7 Å². The van der Waals surface area contributed by atoms with E-state index in [1.165, 1.54) is 57.8 Å². The van der Waals surface area contributed by atoms with Crippen LogP contribution in [0.5, 0.6) is 35.3 Å². The molecular weight excluding hydrogens is 1420 g/mol. The highest BCUT2D eigenvalue weighted by Crippen LogP contribution is 2.47. The molecule has 3 saturated heterocycles. The van der Waals surface area contributed by atoms with Gasteiger partial charge in [-0.15, -0.1) is 0 Å². The van der Waals surface area contributed by atoms with Gasteiger partial charge in [-0.2, -0.15) is 29.9 Å². The summed E-state index contributed by atoms with van der Waals surface area (Å²) in [6, 6.07) is 34.8. The second kappa shape index (κ2) is 30.5. The molecule has 0 aliphatic carbocycles. The lowest BCUT2D eigenvalue weighted by molar-refractivity contribution is -0.127. The van der Waals surface area contributed by atoms with E-state index in [0.717, 1.165) is 37.9 Å². The molecule has 3 fully saturated rings. The number of aryl methyl sites for hydroxylation is 1. The number of methoxy groups -OCH3 is 3. The third kappa shape index (κ3) is 14.0. The highest BCUT2D eigenvalue weighted by atomic mass is 35.5. The summed E-state index contributed by atoms with van der Waals surface area (Å²) in [7, 11) is 4.26. The average Bonchev–Trinajstić information content (AvgIpc) is 0.766. The highest BCUT2D eigenvalue weighted by Gasteiger charge is 2.32. The molecule has 6 heterocycles. The number of carbonyl (C=O) groups excluding carboxylic acids is 3. The lowest BCUT2D eigenvalue weighted by atomic mass is 9.93. The van der Waals surface area contributed by atoms with E-state index in [4.69, 9.17) is 49.0 Å². The number of rotatable bonds is 12. The number of hydrogen-bond acceptors (Lipinski definition) is 18. The van der Waals surface area contributed by atoms with Gasteiger partial charge >= 0.3 is 18.0 Å². The number of anilines is 3. The van der Waals surface area contributed by atoms with Crippen LogP contribution in [0.25, 0.3) is 98.4 Å². The minimum absolute atomic E-state index is 0.00200. The fourth-order valence-electron chi connectivity index (χ4n) is 13.8. The predicted octanol–water partition coefficient (Wildman–Crippen LogP) is 14.7. The van der Waals surface area contributed by atoms with Gasteiger partial charge in [-0.05, 0) is 134 Å². The molecular formula is C79H68Cl3F3N12O9. The van der Waals surface area contributed by atoms with Gasteiger partial charge in [0.1, 0.15) is 51.3 Å². The van der Waals surface area contributed by atoms with Crippen molar-refractivity contribution in [3.63, 3.8) is 0 Å². The number of aromatic nitrogens is 6. The normalized spacial score (nSPS) is 13.9. The first-order chi connectivity index (χ1) is 51.1. The summed E-state index contributed by atoms with van der Waals surface area (Å²) in [6.07, 6.45) is 3.88. The topological polar surface area (TPSA) is 236 Å². The van der Waals surface area contributed by atoms with Crippen LogP contribution in [-0.2, 0) is 14.4 Å². The average molecular weight is 1490 g/mol. The van der Waals surface area contributed by atoms with Crippen molar-refractivity contribution >= 4 is 135 Å². The summed E-state index contributed by atoms with van der Waals surface area (Å²) < 4.78 is 64.5. The van der Waals surface area contributed by atoms with Crippen LogP contribution in [0.3, 0.4) is 0 Å². The Bertz CT molecular complexity index is 5360. The largest absolute Gasteiger partial charge is 0.508 e. The summed E-state index contributed by atoms with van der Waals surface area (Å²) in [6.45, 7) is 18.4. The Hall–Kier alpha value is -11.7. The molecule has 0 radical (unpaired) electrons. The summed E-state index contributed by atoms with van der Waals surface area (Å²) in [4.78, 5) is 73.3. The zero-order valence-corrected chi connectivity index (χ0v) is 60.1. The lowest BCUT2D eigenvalue weighted by Crippen LogP contribution is -2.48. The van der Waals surface area contributed by atoms with Crippen LogP contribution < -0.4 is 28.9 Å². The molecule has 106 heavy (non-hydrogen) atoms. The van der Waals surface area contributed by atoms with Crippen LogP contribution in [0.1, 0.15) is 5.56 Å². The van der Waals surface area contributed by atoms with Gasteiger partial charge < -0.3 is 58.9 Å². The maximum atomic E-state index is 16.3. The van der Waals surface area contributed by atoms with Gasteiger partial charge in [0.25, 0.3) is 0 Å². The quantitative estimate of drug-likeness (QED) is 0.0964. The number of piperazine rings is 3. The highest BCUT2D eigenvalue weighted by molar-refractivity contribution is 6.36. The first kappa shape index (κ1) is 72.6. The van der Waals surface area contributed by atoms with Crippen LogP contribution in [0.15, 0.2) is 159 Å². The third-order valence-electron chi connectivity index (χ3n) is 18.9. The van der Waals surface area contributed by atoms with Crippen molar-refractivity contribution in [2.45, 2.75) is 6.92 Å². The van der Waals surface area contributed by atoms with E-state index in [0.29, 0.717) is 129 Å². The molecule has 3 aliphatic rings. The molecule has 0 atom stereocenters. The Morgan fingerprint density at radius 3 is 1.04 bits per heavy atom. The van der Waals surface area contributed by atoms with Crippen LogP contribution in [0.2, 0.25) is 15.1 Å². The van der Waals surface area contributed by atoms with Crippen molar-refractivity contribution in [2.24, 2.45) is 0 Å². The first-order valence-corrected chi connectivity index (χ1v) is 34.6. The second-order valence-corrected chi connectivity index (χ2v) is 26.3. The minimum atomic E-state index is -0.634. The Kier molecular flexibility index (Phi) is 20.9. The van der Waals surface area contributed by atoms with Crippen LogP contribution in [0, 0.1) is 24.4 Å². The fourth-order valence-corrected chi connectivity index (χ4v) is 14.7. The maximum absolute atomic E-state index is 16.3. The fraction of sp³-hybridized carbons (Fsp3) is 0.203. The number of carbonyl (C=O) groups is 3. The molecule has 21 nitrogen and oxygen atoms in total. The molecule has 540 valence electrons. The van der Waals surface area contributed by atoms with Crippen LogP contribution in [0.4, 0.5) is 30.6 Å². The molecule has 9 aromatic carbocycles. The number of aromatic hydroxyl groups is 3. The van der Waals surface area contributed by atoms with E-state index in [1.807, 2.05) is 88.4 Å². The molecule has 15 rings (SSSR count). The Balaban J connectivity index is 0.000000141. The zero-order chi connectivity index (χ0) is 74.9. The number of halogens is 6. The second-order valence-electron chi connectivity index (χ2n) is 25.1. The SMILES string of the molecule is C=CC(=O)N1CCN(c2nc(OC)nc3c(F)c(-c4cc(O)cc5cccc(C)c45)c(Cl)cc23)CC1.C=CC(=O)N1CCN(c2nc(OC)nc3c(F)c(-c4cc(O)cc5ccccc45)c(Cl)cc23)CC1.C=CC(=O)N1CCN(c2nc(OC)nc3c(F)c(-c4cc(O)cc5ccccc45)c(Cl)cc23)CC1. The van der Waals surface area contributed by atoms with Crippen molar-refractivity contribution < 1.29 is 57.1 Å². The lowest BCUT2D eigenvalue weighted by Gasteiger charge is -2.35. The number of ether oxygens (including phenoxy) is 3. The van der Waals surface area contributed by atoms with Crippen molar-refractivity contribution in [1.29, 1.82) is 0 Å². The standard InChI is InChI=1S/C27H24ClFN4O3.2C26H22ClFN4O3/c1-4-21(35)32-8-10-33(11-9-32)26-19-14-20(28)23(24(29)25(19)30-27(31-26)36-3)18-13-17(34)12-16-7-5-6-15(2)22(16)18;2*1-3-21(34)31-8-10-32(11-9-31)25-19-14-20(27)22(23(28)24(19)29-26(30-25)35-2)18-13-16(33)12-15-6-4-5-7-17(15)18/h4-7,12-14,34H,1,8-11H2,2-3H3;2*3-7,12-14,33H,1,8-11H2,2H3. The molecule has 3 N–H and O–H groups in total. The van der Waals surface area contributed by atoms with Crippen molar-refractivity contribution in [1.82, 2.24) is 44.6 Å². The molecule has 12 aromatic rings. The molecule has 27 heteroatoms. The van der Waals surface area contributed by atoms with E-state index in [9.17, 15) is 29.7 Å². The maximum Gasteiger partial charge on any atom is 0.318 e. The zero-order valence-electron chi connectivity index (χ0n) is 57.8. The van der Waals surface area contributed by atoms with E-state index in [-0.39, 0.29) is 101 Å². The van der Waals surface area contributed by atoms with Crippen molar-refractivity contribution in [2.75, 3.05) is 115 Å². The van der Waals surface area contributed by atoms with E-state index in [1.54, 1.807) is 51.1 Å². The van der Waals surface area contributed by atoms with E-state index in [2.05, 4.69) is 49.6 Å². The molecule has 3 aromatic heterocycles. The van der Waals surface area contributed by atoms with Gasteiger partial charge in [0.05, 0.1) is 36.4 Å². The summed E-state index contributed by atoms with van der Waals surface area (Å²) in [5.41, 5.74) is 2.92. The molecule has 0 saturated carbocycles. The molecule has 3 aliphatic heterocycles. The smallest absolute Gasteiger partial charge is 0.318 e. The summed E-state index contributed by atoms with van der Waals surface area (Å²) in [5.74, 6) is -0.851. The molecule has 0 unspecified atom stereocenters. The van der Waals surface area contributed by atoms with Gasteiger partial charge in [0.2, 0.25) is 17.7 Å². The molecule has 3 amide bonds. The number of phenols is 3. The van der Waals surface area contributed by atoms with Gasteiger partial charge in [-0.3, -0.25) is 14.4 Å². The minimum Gasteiger partial charge on any atom is -0.508 e. The Morgan fingerprint density at radius 2 is 0.708 bits per heavy atom. The predicted molar refractivity (Wildman–Crippen MR) is 409 cm³/mol. The number of amides is 3. The van der Waals surface area contributed by atoms with Gasteiger partial charge in [0.15, 0.2) is 17.5 Å². The number of hydrogen-bond donors (Lipinski definition) is 3. The monoisotopic (exact) mass is 1490 g/mol. The first-order valence-electron chi connectivity index (χ1n) is 33.5. The number of benzene rings is 9. The third-order valence-corrected chi connectivity index (χ3v) is 19.8. The summed E-state index contributed by atoms with van der Waals surface area (Å²) >= 11 is 20.1. The van der Waals surface area contributed by atoms with Crippen LogP contribution >= 0.6 is 34.8 Å². The van der Waals surface area contributed by atoms with E-state index >= 15 is 13.2 Å². The van der Waals surface area contributed by atoms with Gasteiger partial charge in [-0.25, -0.2) is 13.2 Å². The Morgan fingerprint density at radius 1 is 0.406 bits per heavy atom. The Labute approximate surface area is 620 Å². The van der Waals surface area contributed by atoms with Gasteiger partial charge in [-0.1, -0.05) is 121 Å². The van der Waals surface area contributed by atoms with Crippen molar-refractivity contribution in [3.05, 3.63) is 197 Å². The molecule has 0 bridgehead atoms. The van der Waals surface area contributed by atoms with Gasteiger partial charge in [0, 0.05) is 111 Å². The number of fused-ring (bicyclic) bond motifs is 6. The summed E-state index contributed by atoms with van der Waals surface area (Å²) in [5, 5.41) is 37.3. The van der Waals surface area contributed by atoms with Crippen LogP contribution in [-0.4, -0.2) is 178 Å². The number of phenolic OH excluding ortho intramolecular Hbond substituents is 3. The number of nitrogens with zero attached hydrogens (tertiary/aromatic N) is 12. The van der Waals surface area contributed by atoms with E-state index < -0.39 is 17.5 Å².